The van der Waals surface area contributed by atoms with Crippen molar-refractivity contribution in [1.29, 1.82) is 0 Å². The van der Waals surface area contributed by atoms with Crippen LogP contribution in [0.3, 0.4) is 0 Å². The van der Waals surface area contributed by atoms with Crippen LogP contribution in [0, 0.1) is 0 Å². The smallest absolute Gasteiger partial charge is 0.332 e. The zero-order valence-electron chi connectivity index (χ0n) is 8.26. The van der Waals surface area contributed by atoms with Crippen LogP contribution in [0.5, 0.6) is 0 Å². The summed E-state index contributed by atoms with van der Waals surface area (Å²) in [6.07, 6.45) is 6.26. The Morgan fingerprint density at radius 2 is 2.00 bits per heavy atom. The monoisotopic (exact) mass is 200 g/mol. The lowest BCUT2D eigenvalue weighted by Crippen LogP contribution is -2.12. The van der Waals surface area contributed by atoms with Crippen molar-refractivity contribution in [2.24, 2.45) is 0 Å². The Hall–Kier alpha value is -1.83. The first kappa shape index (κ1) is 9.71. The number of allylic oxidation sites excluding steroid dienone is 3. The number of aliphatic carboxylic acids is 1. The maximum atomic E-state index is 11.0. The zero-order chi connectivity index (χ0) is 10.7. The molecule has 0 radical (unpaired) electrons. The Morgan fingerprint density at radius 1 is 1.27 bits per heavy atom. The second-order valence-electron chi connectivity index (χ2n) is 3.55. The molecule has 2 heteroatoms. The van der Waals surface area contributed by atoms with E-state index in [2.05, 4.69) is 0 Å². The Balaban J connectivity index is 2.34. The molecule has 0 aliphatic heterocycles. The van der Waals surface area contributed by atoms with E-state index in [0.29, 0.717) is 5.57 Å². The number of hydrogen-bond donors (Lipinski definition) is 1. The highest BCUT2D eigenvalue weighted by Crippen LogP contribution is 2.30. The molecule has 0 bridgehead atoms. The molecule has 1 atom stereocenters. The summed E-state index contributed by atoms with van der Waals surface area (Å²) in [7, 11) is 0. The summed E-state index contributed by atoms with van der Waals surface area (Å²) in [5.41, 5.74) is 1.54. The van der Waals surface area contributed by atoms with Crippen molar-refractivity contribution in [3.05, 3.63) is 59.7 Å². The predicted molar refractivity (Wildman–Crippen MR) is 58.7 cm³/mol. The van der Waals surface area contributed by atoms with E-state index < -0.39 is 5.97 Å². The SMILES string of the molecule is O=C(O)C1=CC=CCC1c1ccccc1. The Bertz CT molecular complexity index is 415. The van der Waals surface area contributed by atoms with Gasteiger partial charge >= 0.3 is 5.97 Å². The Kier molecular flexibility index (Phi) is 2.68. The molecule has 0 fully saturated rings. The van der Waals surface area contributed by atoms with Gasteiger partial charge < -0.3 is 5.11 Å². The van der Waals surface area contributed by atoms with Crippen LogP contribution >= 0.6 is 0 Å². The Labute approximate surface area is 88.6 Å². The molecule has 2 nitrogen and oxygen atoms in total. The highest BCUT2D eigenvalue weighted by Gasteiger charge is 2.22. The van der Waals surface area contributed by atoms with Gasteiger partial charge in [0.2, 0.25) is 0 Å². The topological polar surface area (TPSA) is 37.3 Å². The lowest BCUT2D eigenvalue weighted by molar-refractivity contribution is -0.133. The van der Waals surface area contributed by atoms with Crippen LogP contribution in [-0.2, 0) is 4.79 Å². The second kappa shape index (κ2) is 4.13. The van der Waals surface area contributed by atoms with Crippen molar-refractivity contribution < 1.29 is 9.90 Å². The first-order valence-corrected chi connectivity index (χ1v) is 4.94. The summed E-state index contributed by atoms with van der Waals surface area (Å²) in [6, 6.07) is 9.76. The third-order valence-corrected chi connectivity index (χ3v) is 2.61. The highest BCUT2D eigenvalue weighted by atomic mass is 16.4. The van der Waals surface area contributed by atoms with Crippen LogP contribution in [0.1, 0.15) is 17.9 Å². The molecular weight excluding hydrogens is 188 g/mol. The maximum Gasteiger partial charge on any atom is 0.332 e. The molecule has 1 aliphatic carbocycles. The third kappa shape index (κ3) is 1.99. The minimum Gasteiger partial charge on any atom is -0.478 e. The number of hydrogen-bond acceptors (Lipinski definition) is 1. The maximum absolute atomic E-state index is 11.0. The molecule has 1 aromatic rings. The van der Waals surface area contributed by atoms with Gasteiger partial charge in [-0.1, -0.05) is 48.6 Å². The highest BCUT2D eigenvalue weighted by molar-refractivity contribution is 5.89. The van der Waals surface area contributed by atoms with E-state index in [4.69, 9.17) is 5.11 Å². The quantitative estimate of drug-likeness (QED) is 0.797. The van der Waals surface area contributed by atoms with E-state index >= 15 is 0 Å². The van der Waals surface area contributed by atoms with Crippen LogP contribution in [0.25, 0.3) is 0 Å². The molecule has 1 N–H and O–H groups in total. The summed E-state index contributed by atoms with van der Waals surface area (Å²) in [5.74, 6) is -0.832. The van der Waals surface area contributed by atoms with E-state index in [0.717, 1.165) is 12.0 Å². The lowest BCUT2D eigenvalue weighted by atomic mass is 9.85. The molecule has 1 aromatic carbocycles. The summed E-state index contributed by atoms with van der Waals surface area (Å²) >= 11 is 0. The van der Waals surface area contributed by atoms with Crippen molar-refractivity contribution in [2.75, 3.05) is 0 Å². The largest absolute Gasteiger partial charge is 0.478 e. The van der Waals surface area contributed by atoms with E-state index in [9.17, 15) is 4.79 Å². The summed E-state index contributed by atoms with van der Waals surface area (Å²) in [5, 5.41) is 9.07. The molecule has 0 amide bonds. The van der Waals surface area contributed by atoms with Crippen LogP contribution in [-0.4, -0.2) is 11.1 Å². The minimum absolute atomic E-state index is 0.00583. The molecule has 0 saturated carbocycles. The van der Waals surface area contributed by atoms with Gasteiger partial charge in [-0.15, -0.1) is 0 Å². The number of rotatable bonds is 2. The first-order valence-electron chi connectivity index (χ1n) is 4.94. The molecule has 15 heavy (non-hydrogen) atoms. The van der Waals surface area contributed by atoms with Crippen molar-refractivity contribution in [1.82, 2.24) is 0 Å². The molecule has 76 valence electrons. The molecular formula is C13H12O2. The van der Waals surface area contributed by atoms with Gasteiger partial charge in [0.05, 0.1) is 0 Å². The van der Waals surface area contributed by atoms with Gasteiger partial charge in [-0.05, 0) is 12.0 Å². The van der Waals surface area contributed by atoms with Crippen LogP contribution < -0.4 is 0 Å². The van der Waals surface area contributed by atoms with Gasteiger partial charge in [0.25, 0.3) is 0 Å². The summed E-state index contributed by atoms with van der Waals surface area (Å²) in [4.78, 5) is 11.0. The lowest BCUT2D eigenvalue weighted by Gasteiger charge is -2.18. The van der Waals surface area contributed by atoms with Crippen LogP contribution in [0.15, 0.2) is 54.1 Å². The fourth-order valence-electron chi connectivity index (χ4n) is 1.85. The van der Waals surface area contributed by atoms with Gasteiger partial charge in [0.15, 0.2) is 0 Å². The fraction of sp³-hybridized carbons (Fsp3) is 0.154. The molecule has 0 heterocycles. The van der Waals surface area contributed by atoms with E-state index in [-0.39, 0.29) is 5.92 Å². The van der Waals surface area contributed by atoms with Crippen molar-refractivity contribution >= 4 is 5.97 Å². The molecule has 1 aliphatic rings. The minimum atomic E-state index is -0.826. The molecule has 0 saturated heterocycles. The van der Waals surface area contributed by atoms with Crippen molar-refractivity contribution in [3.8, 4) is 0 Å². The van der Waals surface area contributed by atoms with Crippen molar-refractivity contribution in [2.45, 2.75) is 12.3 Å². The third-order valence-electron chi connectivity index (χ3n) is 2.61. The second-order valence-corrected chi connectivity index (χ2v) is 3.55. The standard InChI is InChI=1S/C13H12O2/c14-13(15)12-9-5-4-8-11(12)10-6-2-1-3-7-10/h1-7,9,11H,8H2,(H,14,15). The fourth-order valence-corrected chi connectivity index (χ4v) is 1.85. The van der Waals surface area contributed by atoms with E-state index in [1.165, 1.54) is 0 Å². The first-order chi connectivity index (χ1) is 7.29. The Morgan fingerprint density at radius 3 is 2.67 bits per heavy atom. The molecule has 0 aromatic heterocycles. The molecule has 2 rings (SSSR count). The number of carboxylic acid groups (broad SMARTS) is 1. The zero-order valence-corrected chi connectivity index (χ0v) is 8.26. The van der Waals surface area contributed by atoms with Gasteiger partial charge in [-0.25, -0.2) is 4.79 Å². The van der Waals surface area contributed by atoms with Crippen molar-refractivity contribution in [3.63, 3.8) is 0 Å². The number of carboxylic acids is 1. The van der Waals surface area contributed by atoms with Crippen LogP contribution in [0.4, 0.5) is 0 Å². The van der Waals surface area contributed by atoms with Gasteiger partial charge in [0, 0.05) is 11.5 Å². The molecule has 1 unspecified atom stereocenters. The average Bonchev–Trinajstić information content (AvgIpc) is 2.30. The molecule has 0 spiro atoms. The van der Waals surface area contributed by atoms with Gasteiger partial charge in [-0.2, -0.15) is 0 Å². The average molecular weight is 200 g/mol. The van der Waals surface area contributed by atoms with Crippen LogP contribution in [0.2, 0.25) is 0 Å². The van der Waals surface area contributed by atoms with E-state index in [1.807, 2.05) is 42.5 Å². The predicted octanol–water partition coefficient (Wildman–Crippen LogP) is 2.74. The van der Waals surface area contributed by atoms with E-state index in [1.54, 1.807) is 6.08 Å². The summed E-state index contributed by atoms with van der Waals surface area (Å²) < 4.78 is 0. The number of carbonyl (C=O) groups is 1. The van der Waals surface area contributed by atoms with Gasteiger partial charge in [0.1, 0.15) is 0 Å². The summed E-state index contributed by atoms with van der Waals surface area (Å²) in [6.45, 7) is 0. The number of benzene rings is 1. The van der Waals surface area contributed by atoms with Gasteiger partial charge in [-0.3, -0.25) is 0 Å². The normalized spacial score (nSPS) is 19.7.